The number of nitrogen functional groups attached to an aromatic ring is 1. The average Bonchev–Trinajstić information content (AvgIpc) is 3.06. The molecule has 3 rings (SSSR count). The minimum absolute atomic E-state index is 0.423. The van der Waals surface area contributed by atoms with E-state index in [1.54, 1.807) is 11.3 Å². The van der Waals surface area contributed by atoms with E-state index in [0.717, 1.165) is 27.5 Å². The Hall–Kier alpha value is -1.59. The molecule has 0 amide bonds. The number of hydrogen-bond acceptors (Lipinski definition) is 5. The van der Waals surface area contributed by atoms with Gasteiger partial charge in [0.05, 0.1) is 10.2 Å². The van der Waals surface area contributed by atoms with E-state index in [9.17, 15) is 0 Å². The normalized spacial score (nSPS) is 12.7. The monoisotopic (exact) mass is 303 g/mol. The predicted molar refractivity (Wildman–Crippen MR) is 89.9 cm³/mol. The molecule has 0 saturated heterocycles. The molecule has 0 bridgehead atoms. The second kappa shape index (κ2) is 5.42. The van der Waals surface area contributed by atoms with Gasteiger partial charge in [0.15, 0.2) is 5.13 Å². The summed E-state index contributed by atoms with van der Waals surface area (Å²) < 4.78 is 1.15. The molecule has 1 atom stereocenters. The van der Waals surface area contributed by atoms with Gasteiger partial charge in [0.25, 0.3) is 0 Å². The molecule has 0 aliphatic rings. The van der Waals surface area contributed by atoms with Crippen LogP contribution in [0.1, 0.15) is 11.8 Å². The number of aromatic nitrogens is 1. The first-order valence-corrected chi connectivity index (χ1v) is 8.24. The third-order valence-electron chi connectivity index (χ3n) is 3.44. The fraction of sp³-hybridized carbons (Fsp3) is 0.267. The van der Waals surface area contributed by atoms with Gasteiger partial charge in [-0.05, 0) is 36.6 Å². The van der Waals surface area contributed by atoms with Crippen molar-refractivity contribution in [2.45, 2.75) is 19.4 Å². The van der Waals surface area contributed by atoms with Crippen LogP contribution in [0.2, 0.25) is 0 Å². The number of nitrogens with two attached hydrogens (primary N) is 1. The van der Waals surface area contributed by atoms with Crippen LogP contribution < -0.4 is 10.6 Å². The number of thiazole rings is 1. The summed E-state index contributed by atoms with van der Waals surface area (Å²) in [5.41, 5.74) is 7.64. The first kappa shape index (κ1) is 13.4. The zero-order valence-electron chi connectivity index (χ0n) is 11.5. The van der Waals surface area contributed by atoms with Gasteiger partial charge in [-0.2, -0.15) is 0 Å². The molecule has 0 radical (unpaired) electrons. The van der Waals surface area contributed by atoms with E-state index in [4.69, 9.17) is 10.7 Å². The van der Waals surface area contributed by atoms with Gasteiger partial charge in [-0.3, -0.25) is 0 Å². The molecular formula is C15H17N3S2. The van der Waals surface area contributed by atoms with Crippen molar-refractivity contribution in [1.29, 1.82) is 0 Å². The van der Waals surface area contributed by atoms with Crippen molar-refractivity contribution < 1.29 is 0 Å². The van der Waals surface area contributed by atoms with Crippen LogP contribution in [-0.2, 0) is 6.42 Å². The molecule has 0 aliphatic carbocycles. The SMILES string of the molecule is CC(Cc1cccs1)N(C)c1nc2ccc(N)cc2s1. The van der Waals surface area contributed by atoms with Gasteiger partial charge in [0, 0.05) is 30.1 Å². The Balaban J connectivity index is 1.82. The number of benzene rings is 1. The molecule has 0 saturated carbocycles. The third kappa shape index (κ3) is 2.64. The Kier molecular flexibility index (Phi) is 3.63. The Morgan fingerprint density at radius 3 is 2.95 bits per heavy atom. The molecule has 2 N–H and O–H groups in total. The molecule has 3 aromatic rings. The van der Waals surface area contributed by atoms with Crippen LogP contribution in [0.4, 0.5) is 10.8 Å². The summed E-state index contributed by atoms with van der Waals surface area (Å²) in [6, 6.07) is 10.6. The molecule has 1 aromatic carbocycles. The topological polar surface area (TPSA) is 42.2 Å². The molecule has 0 aliphatic heterocycles. The summed E-state index contributed by atoms with van der Waals surface area (Å²) in [5, 5.41) is 3.18. The summed E-state index contributed by atoms with van der Waals surface area (Å²) in [7, 11) is 2.11. The van der Waals surface area contributed by atoms with Gasteiger partial charge in [-0.15, -0.1) is 11.3 Å². The molecule has 20 heavy (non-hydrogen) atoms. The fourth-order valence-electron chi connectivity index (χ4n) is 2.13. The smallest absolute Gasteiger partial charge is 0.186 e. The number of rotatable bonds is 4. The minimum Gasteiger partial charge on any atom is -0.399 e. The lowest BCUT2D eigenvalue weighted by Crippen LogP contribution is -2.30. The standard InChI is InChI=1S/C15H17N3S2/c1-10(8-12-4-3-7-19-12)18(2)15-17-13-6-5-11(16)9-14(13)20-15/h3-7,9-10H,8,16H2,1-2H3. The number of nitrogens with zero attached hydrogens (tertiary/aromatic N) is 2. The summed E-state index contributed by atoms with van der Waals surface area (Å²) >= 11 is 3.51. The van der Waals surface area contributed by atoms with Gasteiger partial charge in [-0.25, -0.2) is 4.98 Å². The summed E-state index contributed by atoms with van der Waals surface area (Å²) in [6.07, 6.45) is 1.05. The second-order valence-electron chi connectivity index (χ2n) is 4.97. The lowest BCUT2D eigenvalue weighted by molar-refractivity contribution is 0.687. The van der Waals surface area contributed by atoms with Crippen LogP contribution in [0.5, 0.6) is 0 Å². The Labute approximate surface area is 126 Å². The van der Waals surface area contributed by atoms with Crippen LogP contribution in [0.3, 0.4) is 0 Å². The van der Waals surface area contributed by atoms with Crippen LogP contribution in [0.25, 0.3) is 10.2 Å². The zero-order valence-corrected chi connectivity index (χ0v) is 13.2. The van der Waals surface area contributed by atoms with Gasteiger partial charge in [-0.1, -0.05) is 17.4 Å². The van der Waals surface area contributed by atoms with Gasteiger partial charge in [0.1, 0.15) is 0 Å². The van der Waals surface area contributed by atoms with Crippen molar-refractivity contribution in [1.82, 2.24) is 4.98 Å². The molecule has 2 heterocycles. The molecule has 5 heteroatoms. The van der Waals surface area contributed by atoms with Crippen LogP contribution in [0, 0.1) is 0 Å². The third-order valence-corrected chi connectivity index (χ3v) is 5.45. The predicted octanol–water partition coefficient (Wildman–Crippen LogP) is 4.01. The maximum atomic E-state index is 5.83. The van der Waals surface area contributed by atoms with Gasteiger partial charge >= 0.3 is 0 Å². The molecule has 3 nitrogen and oxygen atoms in total. The highest BCUT2D eigenvalue weighted by atomic mass is 32.1. The first-order chi connectivity index (χ1) is 9.63. The van der Waals surface area contributed by atoms with Crippen molar-refractivity contribution in [2.75, 3.05) is 17.7 Å². The quantitative estimate of drug-likeness (QED) is 0.741. The van der Waals surface area contributed by atoms with Crippen LogP contribution >= 0.6 is 22.7 Å². The molecule has 0 fully saturated rings. The van der Waals surface area contributed by atoms with E-state index in [-0.39, 0.29) is 0 Å². The summed E-state index contributed by atoms with van der Waals surface area (Å²) in [6.45, 7) is 2.24. The van der Waals surface area contributed by atoms with E-state index in [2.05, 4.69) is 36.4 Å². The molecule has 0 spiro atoms. The van der Waals surface area contributed by atoms with Crippen molar-refractivity contribution in [3.05, 3.63) is 40.6 Å². The van der Waals surface area contributed by atoms with Gasteiger partial charge < -0.3 is 10.6 Å². The lowest BCUT2D eigenvalue weighted by atomic mass is 10.2. The first-order valence-electron chi connectivity index (χ1n) is 6.55. The zero-order chi connectivity index (χ0) is 14.1. The van der Waals surface area contributed by atoms with Crippen LogP contribution in [0.15, 0.2) is 35.7 Å². The largest absolute Gasteiger partial charge is 0.399 e. The Bertz CT molecular complexity index is 703. The Morgan fingerprint density at radius 1 is 1.35 bits per heavy atom. The number of likely N-dealkylation sites (N-methyl/N-ethyl adjacent to an activating group) is 1. The van der Waals surface area contributed by atoms with Crippen molar-refractivity contribution >= 4 is 43.7 Å². The summed E-state index contributed by atoms with van der Waals surface area (Å²) in [5.74, 6) is 0. The number of hydrogen-bond donors (Lipinski definition) is 1. The highest BCUT2D eigenvalue weighted by Gasteiger charge is 2.15. The average molecular weight is 303 g/mol. The molecule has 104 valence electrons. The summed E-state index contributed by atoms with van der Waals surface area (Å²) in [4.78, 5) is 8.36. The van der Waals surface area contributed by atoms with Gasteiger partial charge in [0.2, 0.25) is 0 Å². The molecule has 1 unspecified atom stereocenters. The van der Waals surface area contributed by atoms with E-state index in [1.807, 2.05) is 29.5 Å². The molecular weight excluding hydrogens is 286 g/mol. The Morgan fingerprint density at radius 2 is 2.20 bits per heavy atom. The van der Waals surface area contributed by atoms with Crippen molar-refractivity contribution in [3.63, 3.8) is 0 Å². The van der Waals surface area contributed by atoms with E-state index >= 15 is 0 Å². The number of fused-ring (bicyclic) bond motifs is 1. The lowest BCUT2D eigenvalue weighted by Gasteiger charge is -2.23. The maximum absolute atomic E-state index is 5.83. The second-order valence-corrected chi connectivity index (χ2v) is 7.01. The maximum Gasteiger partial charge on any atom is 0.186 e. The number of anilines is 2. The van der Waals surface area contributed by atoms with Crippen molar-refractivity contribution in [2.24, 2.45) is 0 Å². The fourth-order valence-corrected chi connectivity index (χ4v) is 4.03. The van der Waals surface area contributed by atoms with E-state index < -0.39 is 0 Å². The van der Waals surface area contributed by atoms with E-state index in [0.29, 0.717) is 6.04 Å². The highest BCUT2D eigenvalue weighted by Crippen LogP contribution is 2.31. The number of thiophene rings is 1. The highest BCUT2D eigenvalue weighted by molar-refractivity contribution is 7.22. The molecule has 2 aromatic heterocycles. The van der Waals surface area contributed by atoms with Crippen molar-refractivity contribution in [3.8, 4) is 0 Å². The van der Waals surface area contributed by atoms with Crippen LogP contribution in [-0.4, -0.2) is 18.1 Å². The minimum atomic E-state index is 0.423. The van der Waals surface area contributed by atoms with E-state index in [1.165, 1.54) is 4.88 Å².